The van der Waals surface area contributed by atoms with Gasteiger partial charge in [0.1, 0.15) is 0 Å². The molecular formula is C21H25N5O2S. The molecule has 0 atom stereocenters. The summed E-state index contributed by atoms with van der Waals surface area (Å²) in [6.07, 6.45) is 0. The van der Waals surface area contributed by atoms with Gasteiger partial charge in [0.25, 0.3) is 5.91 Å². The number of para-hydroxylation sites is 2. The van der Waals surface area contributed by atoms with Crippen molar-refractivity contribution in [3.8, 4) is 0 Å². The molecule has 0 saturated heterocycles. The van der Waals surface area contributed by atoms with Gasteiger partial charge in [0, 0.05) is 44.5 Å². The summed E-state index contributed by atoms with van der Waals surface area (Å²) >= 11 is 5.26. The molecule has 0 fully saturated rings. The largest absolute Gasteiger partial charge is 0.395 e. The SMILES string of the molecule is CNC(=S)N(C)CCNc1c2ccccc2nc2c(C(=O)NCCO)cccc12. The number of nitrogens with zero attached hydrogens (tertiary/aromatic N) is 2. The fourth-order valence-corrected chi connectivity index (χ4v) is 3.28. The van der Waals surface area contributed by atoms with Crippen LogP contribution in [0.15, 0.2) is 42.5 Å². The van der Waals surface area contributed by atoms with Crippen LogP contribution < -0.4 is 16.0 Å². The van der Waals surface area contributed by atoms with Crippen LogP contribution in [0.5, 0.6) is 0 Å². The van der Waals surface area contributed by atoms with Gasteiger partial charge in [-0.25, -0.2) is 4.98 Å². The van der Waals surface area contributed by atoms with E-state index in [0.717, 1.165) is 22.0 Å². The van der Waals surface area contributed by atoms with Gasteiger partial charge >= 0.3 is 0 Å². The molecule has 29 heavy (non-hydrogen) atoms. The Labute approximate surface area is 175 Å². The van der Waals surface area contributed by atoms with Crippen LogP contribution in [0.1, 0.15) is 10.4 Å². The number of rotatable bonds is 7. The third-order valence-electron chi connectivity index (χ3n) is 4.66. The monoisotopic (exact) mass is 411 g/mol. The highest BCUT2D eigenvalue weighted by Crippen LogP contribution is 2.32. The lowest BCUT2D eigenvalue weighted by molar-refractivity contribution is 0.0946. The molecule has 0 aliphatic carbocycles. The lowest BCUT2D eigenvalue weighted by Gasteiger charge is -2.21. The van der Waals surface area contributed by atoms with E-state index in [-0.39, 0.29) is 19.1 Å². The van der Waals surface area contributed by atoms with E-state index in [4.69, 9.17) is 22.3 Å². The van der Waals surface area contributed by atoms with Crippen molar-refractivity contribution in [2.45, 2.75) is 0 Å². The second kappa shape index (κ2) is 9.49. The highest BCUT2D eigenvalue weighted by Gasteiger charge is 2.15. The summed E-state index contributed by atoms with van der Waals surface area (Å²) < 4.78 is 0. The molecule has 0 saturated carbocycles. The molecule has 7 nitrogen and oxygen atoms in total. The Balaban J connectivity index is 2.02. The first-order chi connectivity index (χ1) is 14.1. The number of pyridine rings is 1. The normalized spacial score (nSPS) is 10.7. The lowest BCUT2D eigenvalue weighted by atomic mass is 10.0. The van der Waals surface area contributed by atoms with Crippen LogP contribution in [-0.2, 0) is 0 Å². The molecular weight excluding hydrogens is 386 g/mol. The molecule has 1 heterocycles. The van der Waals surface area contributed by atoms with Crippen LogP contribution in [0.25, 0.3) is 21.8 Å². The number of likely N-dealkylation sites (N-methyl/N-ethyl adjacent to an activating group) is 1. The van der Waals surface area contributed by atoms with Crippen LogP contribution in [0.2, 0.25) is 0 Å². The summed E-state index contributed by atoms with van der Waals surface area (Å²) in [4.78, 5) is 19.3. The van der Waals surface area contributed by atoms with Crippen LogP contribution in [0.4, 0.5) is 5.69 Å². The van der Waals surface area contributed by atoms with Crippen molar-refractivity contribution in [3.05, 3.63) is 48.0 Å². The second-order valence-electron chi connectivity index (χ2n) is 6.59. The number of carbonyl (C=O) groups excluding carboxylic acids is 1. The third-order valence-corrected chi connectivity index (χ3v) is 5.18. The van der Waals surface area contributed by atoms with Crippen molar-refractivity contribution in [1.82, 2.24) is 20.5 Å². The molecule has 1 aromatic heterocycles. The number of amides is 1. The number of anilines is 1. The summed E-state index contributed by atoms with van der Waals surface area (Å²) in [5.74, 6) is -0.252. The average Bonchev–Trinajstić information content (AvgIpc) is 2.75. The minimum absolute atomic E-state index is 0.109. The number of fused-ring (bicyclic) bond motifs is 2. The number of nitrogens with one attached hydrogen (secondary N) is 3. The van der Waals surface area contributed by atoms with Crippen molar-refractivity contribution in [2.24, 2.45) is 0 Å². The predicted molar refractivity (Wildman–Crippen MR) is 121 cm³/mol. The first-order valence-corrected chi connectivity index (χ1v) is 9.85. The number of carbonyl (C=O) groups is 1. The van der Waals surface area contributed by atoms with Gasteiger partial charge in [0.2, 0.25) is 0 Å². The van der Waals surface area contributed by atoms with Crippen molar-refractivity contribution in [1.29, 1.82) is 0 Å². The van der Waals surface area contributed by atoms with E-state index in [1.54, 1.807) is 13.1 Å². The maximum atomic E-state index is 12.6. The summed E-state index contributed by atoms with van der Waals surface area (Å²) in [6.45, 7) is 1.48. The number of thiocarbonyl (C=S) groups is 1. The number of hydrogen-bond acceptors (Lipinski definition) is 5. The molecule has 0 unspecified atom stereocenters. The third kappa shape index (κ3) is 4.55. The molecule has 0 bridgehead atoms. The molecule has 0 aliphatic heterocycles. The lowest BCUT2D eigenvalue weighted by Crippen LogP contribution is -2.37. The number of benzene rings is 2. The number of hydrogen-bond donors (Lipinski definition) is 4. The fourth-order valence-electron chi connectivity index (χ4n) is 3.19. The minimum Gasteiger partial charge on any atom is -0.395 e. The standard InChI is InChI=1S/C21H25N5O2S/c1-22-21(29)26(2)12-10-23-18-14-6-3-4-9-17(14)25-19-15(18)7-5-8-16(19)20(28)24-11-13-27/h3-9,27H,10-13H2,1-2H3,(H,22,29)(H,23,25)(H,24,28). The minimum atomic E-state index is -0.252. The average molecular weight is 412 g/mol. The first kappa shape index (κ1) is 20.8. The molecule has 2 aromatic carbocycles. The molecule has 1 amide bonds. The second-order valence-corrected chi connectivity index (χ2v) is 6.98. The molecule has 3 aromatic rings. The van der Waals surface area contributed by atoms with E-state index < -0.39 is 0 Å². The Bertz CT molecular complexity index is 1040. The topological polar surface area (TPSA) is 89.5 Å². The number of aromatic nitrogens is 1. The van der Waals surface area contributed by atoms with Gasteiger partial charge in [-0.3, -0.25) is 4.79 Å². The Morgan fingerprint density at radius 1 is 1.14 bits per heavy atom. The van der Waals surface area contributed by atoms with Crippen LogP contribution in [-0.4, -0.2) is 66.3 Å². The zero-order chi connectivity index (χ0) is 20.8. The fraction of sp³-hybridized carbons (Fsp3) is 0.286. The van der Waals surface area contributed by atoms with E-state index in [0.29, 0.717) is 29.3 Å². The highest BCUT2D eigenvalue weighted by molar-refractivity contribution is 7.80. The quantitative estimate of drug-likeness (QED) is 0.349. The Hall–Kier alpha value is -2.97. The van der Waals surface area contributed by atoms with Crippen LogP contribution in [0, 0.1) is 0 Å². The Kier molecular flexibility index (Phi) is 6.79. The molecule has 0 radical (unpaired) electrons. The van der Waals surface area contributed by atoms with E-state index in [9.17, 15) is 4.79 Å². The van der Waals surface area contributed by atoms with Crippen molar-refractivity contribution < 1.29 is 9.90 Å². The number of aliphatic hydroxyl groups excluding tert-OH is 1. The molecule has 8 heteroatoms. The van der Waals surface area contributed by atoms with E-state index in [2.05, 4.69) is 16.0 Å². The maximum absolute atomic E-state index is 12.6. The molecule has 152 valence electrons. The summed E-state index contributed by atoms with van der Waals surface area (Å²) in [6, 6.07) is 13.4. The van der Waals surface area contributed by atoms with Gasteiger partial charge in [0.05, 0.1) is 28.9 Å². The zero-order valence-electron chi connectivity index (χ0n) is 16.5. The summed E-state index contributed by atoms with van der Waals surface area (Å²) in [5, 5.41) is 20.7. The van der Waals surface area contributed by atoms with Gasteiger partial charge in [0.15, 0.2) is 5.11 Å². The smallest absolute Gasteiger partial charge is 0.253 e. The van der Waals surface area contributed by atoms with Crippen LogP contribution in [0.3, 0.4) is 0 Å². The Morgan fingerprint density at radius 2 is 1.90 bits per heavy atom. The molecule has 3 rings (SSSR count). The summed E-state index contributed by atoms with van der Waals surface area (Å²) in [7, 11) is 3.74. The summed E-state index contributed by atoms with van der Waals surface area (Å²) in [5.41, 5.74) is 2.86. The molecule has 4 N–H and O–H groups in total. The Morgan fingerprint density at radius 3 is 2.66 bits per heavy atom. The van der Waals surface area contributed by atoms with Crippen LogP contribution >= 0.6 is 12.2 Å². The maximum Gasteiger partial charge on any atom is 0.253 e. The van der Waals surface area contributed by atoms with Gasteiger partial charge in [-0.2, -0.15) is 0 Å². The van der Waals surface area contributed by atoms with Gasteiger partial charge in [-0.1, -0.05) is 30.3 Å². The number of aliphatic hydroxyl groups is 1. The van der Waals surface area contributed by atoms with Crippen molar-refractivity contribution in [3.63, 3.8) is 0 Å². The molecule has 0 spiro atoms. The molecule has 0 aliphatic rings. The highest BCUT2D eigenvalue weighted by atomic mass is 32.1. The van der Waals surface area contributed by atoms with Crippen molar-refractivity contribution in [2.75, 3.05) is 45.7 Å². The van der Waals surface area contributed by atoms with Crippen molar-refractivity contribution >= 4 is 50.7 Å². The predicted octanol–water partition coefficient (Wildman–Crippen LogP) is 1.96. The van der Waals surface area contributed by atoms with Gasteiger partial charge < -0.3 is 26.0 Å². The van der Waals surface area contributed by atoms with E-state index in [1.807, 2.05) is 48.3 Å². The van der Waals surface area contributed by atoms with E-state index in [1.165, 1.54) is 0 Å². The first-order valence-electron chi connectivity index (χ1n) is 9.44. The van der Waals surface area contributed by atoms with Gasteiger partial charge in [-0.15, -0.1) is 0 Å². The van der Waals surface area contributed by atoms with E-state index >= 15 is 0 Å². The zero-order valence-corrected chi connectivity index (χ0v) is 17.3. The van der Waals surface area contributed by atoms with Gasteiger partial charge in [-0.05, 0) is 24.4 Å².